The van der Waals surface area contributed by atoms with Crippen molar-refractivity contribution in [3.8, 4) is 11.5 Å². The van der Waals surface area contributed by atoms with Gasteiger partial charge in [-0.25, -0.2) is 4.79 Å². The molecular formula is C20H21F2N3O4. The first-order chi connectivity index (χ1) is 13.9. The van der Waals surface area contributed by atoms with Gasteiger partial charge in [0, 0.05) is 11.3 Å². The van der Waals surface area contributed by atoms with Crippen LogP contribution < -0.4 is 15.2 Å². The van der Waals surface area contributed by atoms with Gasteiger partial charge in [0.2, 0.25) is 0 Å². The highest BCUT2D eigenvalue weighted by molar-refractivity contribution is 6.06. The summed E-state index contributed by atoms with van der Waals surface area (Å²) < 4.78 is 40.6. The zero-order chi connectivity index (χ0) is 21.0. The molecule has 29 heavy (non-hydrogen) atoms. The van der Waals surface area contributed by atoms with Crippen molar-refractivity contribution in [3.63, 3.8) is 0 Å². The van der Waals surface area contributed by atoms with E-state index in [0.717, 1.165) is 5.56 Å². The third-order valence-corrected chi connectivity index (χ3v) is 4.35. The van der Waals surface area contributed by atoms with Gasteiger partial charge in [-0.05, 0) is 42.3 Å². The first-order valence-electron chi connectivity index (χ1n) is 8.95. The van der Waals surface area contributed by atoms with Gasteiger partial charge in [0.05, 0.1) is 13.7 Å². The lowest BCUT2D eigenvalue weighted by atomic mass is 10.0. The van der Waals surface area contributed by atoms with E-state index < -0.39 is 18.8 Å². The number of ether oxygens (including phenoxy) is 3. The van der Waals surface area contributed by atoms with Crippen LogP contribution in [0.5, 0.6) is 11.5 Å². The van der Waals surface area contributed by atoms with Crippen molar-refractivity contribution >= 4 is 17.5 Å². The van der Waals surface area contributed by atoms with Crippen molar-refractivity contribution in [2.75, 3.05) is 12.8 Å². The number of hydrogen-bond acceptors (Lipinski definition) is 6. The Labute approximate surface area is 166 Å². The number of alkyl halides is 2. The van der Waals surface area contributed by atoms with Crippen LogP contribution in [0.2, 0.25) is 0 Å². The van der Waals surface area contributed by atoms with E-state index in [4.69, 9.17) is 15.2 Å². The van der Waals surface area contributed by atoms with Gasteiger partial charge in [-0.3, -0.25) is 0 Å². The maximum Gasteiger partial charge on any atom is 0.431 e. The summed E-state index contributed by atoms with van der Waals surface area (Å²) in [5.41, 5.74) is 8.03. The maximum absolute atomic E-state index is 12.7. The highest BCUT2D eigenvalue weighted by atomic mass is 19.3. The normalized spacial score (nSPS) is 16.4. The molecule has 1 unspecified atom stereocenters. The van der Waals surface area contributed by atoms with Crippen molar-refractivity contribution in [2.45, 2.75) is 32.6 Å². The van der Waals surface area contributed by atoms with Gasteiger partial charge >= 0.3 is 12.7 Å². The number of methoxy groups -OCH3 is 1. The van der Waals surface area contributed by atoms with E-state index >= 15 is 0 Å². The van der Waals surface area contributed by atoms with E-state index in [2.05, 4.69) is 9.84 Å². The van der Waals surface area contributed by atoms with Gasteiger partial charge < -0.3 is 19.9 Å². The zero-order valence-corrected chi connectivity index (χ0v) is 16.0. The van der Waals surface area contributed by atoms with Gasteiger partial charge in [0.1, 0.15) is 11.8 Å². The smallest absolute Gasteiger partial charge is 0.431 e. The minimum atomic E-state index is -3.01. The number of halogens is 2. The minimum Gasteiger partial charge on any atom is -0.493 e. The van der Waals surface area contributed by atoms with Crippen molar-refractivity contribution < 1.29 is 27.8 Å². The molecule has 7 nitrogen and oxygen atoms in total. The van der Waals surface area contributed by atoms with E-state index in [1.54, 1.807) is 30.3 Å². The van der Waals surface area contributed by atoms with Crippen molar-refractivity contribution in [1.29, 1.82) is 0 Å². The number of nitrogens with two attached hydrogens (primary N) is 1. The number of cyclic esters (lactones) is 1. The van der Waals surface area contributed by atoms with Gasteiger partial charge in [-0.1, -0.05) is 19.1 Å². The lowest BCUT2D eigenvalue weighted by Gasteiger charge is -2.29. The fourth-order valence-corrected chi connectivity index (χ4v) is 2.91. The number of anilines is 1. The standard InChI is InChI=1S/C20H21F2N3O4/c1-3-15-18(13-6-9-16(27-2)17(10-13)28-19(21)22)24-25(20(26)29-15)11-12-4-7-14(23)8-5-12/h4-10,15,19H,3,11,23H2,1-2H3. The second-order valence-electron chi connectivity index (χ2n) is 6.31. The number of rotatable bonds is 7. The highest BCUT2D eigenvalue weighted by Gasteiger charge is 2.31. The molecule has 1 aliphatic heterocycles. The number of hydrogen-bond donors (Lipinski definition) is 1. The number of carbonyl (C=O) groups excluding carboxylic acids is 1. The van der Waals surface area contributed by atoms with E-state index in [9.17, 15) is 13.6 Å². The first-order valence-corrected chi connectivity index (χ1v) is 8.95. The van der Waals surface area contributed by atoms with Crippen molar-refractivity contribution in [2.24, 2.45) is 5.10 Å². The first kappa shape index (κ1) is 20.4. The predicted octanol–water partition coefficient (Wildman–Crippen LogP) is 4.01. The molecule has 0 radical (unpaired) electrons. The molecule has 0 spiro atoms. The molecule has 154 valence electrons. The second kappa shape index (κ2) is 8.76. The number of hydrazone groups is 1. The highest BCUT2D eigenvalue weighted by Crippen LogP contribution is 2.31. The maximum atomic E-state index is 12.7. The summed E-state index contributed by atoms with van der Waals surface area (Å²) in [7, 11) is 1.36. The Balaban J connectivity index is 1.95. The van der Waals surface area contributed by atoms with Crippen LogP contribution in [0.25, 0.3) is 0 Å². The number of amides is 1. The Hall–Kier alpha value is -3.36. The summed E-state index contributed by atoms with van der Waals surface area (Å²) in [6, 6.07) is 11.6. The number of nitrogens with zero attached hydrogens (tertiary/aromatic N) is 2. The summed E-state index contributed by atoms with van der Waals surface area (Å²) in [6.45, 7) is -0.993. The summed E-state index contributed by atoms with van der Waals surface area (Å²) >= 11 is 0. The fraction of sp³-hybridized carbons (Fsp3) is 0.300. The van der Waals surface area contributed by atoms with Gasteiger partial charge in [0.25, 0.3) is 0 Å². The Morgan fingerprint density at radius 3 is 2.55 bits per heavy atom. The summed E-state index contributed by atoms with van der Waals surface area (Å²) in [5.74, 6) is 0.0359. The van der Waals surface area contributed by atoms with Crippen LogP contribution in [0.15, 0.2) is 47.6 Å². The summed E-state index contributed by atoms with van der Waals surface area (Å²) in [5, 5.41) is 5.62. The predicted molar refractivity (Wildman–Crippen MR) is 103 cm³/mol. The largest absolute Gasteiger partial charge is 0.493 e. The Morgan fingerprint density at radius 1 is 1.21 bits per heavy atom. The molecule has 2 aromatic rings. The van der Waals surface area contributed by atoms with E-state index in [1.165, 1.54) is 24.3 Å². The molecule has 0 saturated carbocycles. The minimum absolute atomic E-state index is 0.125. The molecule has 0 fully saturated rings. The van der Waals surface area contributed by atoms with Gasteiger partial charge in [-0.2, -0.15) is 18.9 Å². The molecule has 2 aromatic carbocycles. The molecule has 0 saturated heterocycles. The van der Waals surface area contributed by atoms with E-state index in [0.29, 0.717) is 23.4 Å². The van der Waals surface area contributed by atoms with Crippen LogP contribution >= 0.6 is 0 Å². The van der Waals surface area contributed by atoms with Crippen LogP contribution in [0.4, 0.5) is 19.3 Å². The quantitative estimate of drug-likeness (QED) is 0.704. The Bertz CT molecular complexity index is 903. The fourth-order valence-electron chi connectivity index (χ4n) is 2.91. The van der Waals surface area contributed by atoms with Gasteiger partial charge in [0.15, 0.2) is 11.5 Å². The average Bonchev–Trinajstić information content (AvgIpc) is 2.70. The van der Waals surface area contributed by atoms with Crippen LogP contribution in [-0.2, 0) is 11.3 Å². The topological polar surface area (TPSA) is 86.4 Å². The van der Waals surface area contributed by atoms with Gasteiger partial charge in [-0.15, -0.1) is 0 Å². The molecule has 3 rings (SSSR count). The van der Waals surface area contributed by atoms with Crippen LogP contribution in [0.1, 0.15) is 24.5 Å². The van der Waals surface area contributed by atoms with Crippen LogP contribution in [0, 0.1) is 0 Å². The third kappa shape index (κ3) is 4.74. The lowest BCUT2D eigenvalue weighted by molar-refractivity contribution is -0.0512. The molecular weight excluding hydrogens is 384 g/mol. The average molecular weight is 405 g/mol. The van der Waals surface area contributed by atoms with E-state index in [1.807, 2.05) is 6.92 Å². The zero-order valence-electron chi connectivity index (χ0n) is 16.0. The van der Waals surface area contributed by atoms with Crippen molar-refractivity contribution in [3.05, 3.63) is 53.6 Å². The second-order valence-corrected chi connectivity index (χ2v) is 6.31. The molecule has 0 aliphatic carbocycles. The molecule has 1 atom stereocenters. The van der Waals surface area contributed by atoms with E-state index in [-0.39, 0.29) is 18.0 Å². The van der Waals surface area contributed by atoms with Crippen LogP contribution in [-0.4, -0.2) is 36.6 Å². The third-order valence-electron chi connectivity index (χ3n) is 4.35. The lowest BCUT2D eigenvalue weighted by Crippen LogP contribution is -2.41. The molecule has 0 aromatic heterocycles. The Morgan fingerprint density at radius 2 is 1.93 bits per heavy atom. The van der Waals surface area contributed by atoms with Crippen LogP contribution in [0.3, 0.4) is 0 Å². The monoisotopic (exact) mass is 405 g/mol. The molecule has 1 aliphatic rings. The molecule has 0 bridgehead atoms. The molecule has 1 amide bonds. The molecule has 9 heteroatoms. The number of nitrogen functional groups attached to an aromatic ring is 1. The molecule has 2 N–H and O–H groups in total. The number of benzene rings is 2. The Kier molecular flexibility index (Phi) is 6.16. The van der Waals surface area contributed by atoms with Crippen molar-refractivity contribution in [1.82, 2.24) is 5.01 Å². The number of carbonyl (C=O) groups is 1. The summed E-state index contributed by atoms with van der Waals surface area (Å²) in [6.07, 6.45) is -0.731. The SMILES string of the molecule is CCC1OC(=O)N(Cc2ccc(N)cc2)N=C1c1ccc(OC)c(OC(F)F)c1. The molecule has 1 heterocycles. The summed E-state index contributed by atoms with van der Waals surface area (Å²) in [4.78, 5) is 12.4.